The van der Waals surface area contributed by atoms with E-state index in [2.05, 4.69) is 29.8 Å². The molecule has 4 atom stereocenters. The van der Waals surface area contributed by atoms with Gasteiger partial charge in [0, 0.05) is 16.8 Å². The third kappa shape index (κ3) is 10.6. The Hall–Kier alpha value is -0.0735. The van der Waals surface area contributed by atoms with Gasteiger partial charge in [0.1, 0.15) is 5.60 Å². The molecule has 0 aliphatic rings. The molecule has 0 aliphatic carbocycles. The van der Waals surface area contributed by atoms with Gasteiger partial charge in [-0.15, -0.1) is 0 Å². The van der Waals surface area contributed by atoms with Gasteiger partial charge in [-0.25, -0.2) is 4.83 Å². The van der Waals surface area contributed by atoms with Gasteiger partial charge in [0.2, 0.25) is 0 Å². The summed E-state index contributed by atoms with van der Waals surface area (Å²) in [6.07, 6.45) is 2.36. The maximum absolute atomic E-state index is 12.7. The number of rotatable bonds is 9. The van der Waals surface area contributed by atoms with Gasteiger partial charge < -0.3 is 25.4 Å². The van der Waals surface area contributed by atoms with Crippen LogP contribution in [0.5, 0.6) is 0 Å². The zero-order valence-corrected chi connectivity index (χ0v) is 19.4. The molecule has 0 N–H and O–H groups in total. The molecule has 0 fully saturated rings. The van der Waals surface area contributed by atoms with Crippen LogP contribution in [0.2, 0.25) is 0 Å². The predicted molar refractivity (Wildman–Crippen MR) is 101 cm³/mol. The second-order valence-corrected chi connectivity index (χ2v) is 8.84. The summed E-state index contributed by atoms with van der Waals surface area (Å²) in [5.41, 5.74) is -0.516. The van der Waals surface area contributed by atoms with E-state index < -0.39 is 5.60 Å². The van der Waals surface area contributed by atoms with Crippen molar-refractivity contribution in [3.63, 3.8) is 0 Å². The molecule has 0 saturated carbocycles. The topological polar surface area (TPSA) is 52.6 Å². The average Bonchev–Trinajstić information content (AvgIpc) is 2.48. The average molecular weight is 465 g/mol. The smallest absolute Gasteiger partial charge is 0.309 e. The summed E-state index contributed by atoms with van der Waals surface area (Å²) < 4.78 is 10.5. The largest absolute Gasteiger partial charge is 0.469 e. The van der Waals surface area contributed by atoms with Crippen LogP contribution in [0.1, 0.15) is 67.7 Å². The molecular weight excluding hydrogens is 431 g/mol. The van der Waals surface area contributed by atoms with E-state index in [-0.39, 0.29) is 52.4 Å². The van der Waals surface area contributed by atoms with E-state index in [1.54, 1.807) is 0 Å². The maximum atomic E-state index is 12.7. The number of hydrogen-bond acceptors (Lipinski definition) is 4. The summed E-state index contributed by atoms with van der Waals surface area (Å²) in [5.74, 6) is -0.731. The molecule has 1 radical (unpaired) electrons. The molecule has 0 spiro atoms. The van der Waals surface area contributed by atoms with Crippen molar-refractivity contribution in [1.82, 2.24) is 0 Å². The molecule has 151 valence electrons. The predicted octanol–water partition coefficient (Wildman–Crippen LogP) is 5.14. The Morgan fingerprint density at radius 3 is 2.00 bits per heavy atom. The van der Waals surface area contributed by atoms with Crippen LogP contribution in [0.4, 0.5) is 0 Å². The van der Waals surface area contributed by atoms with Crippen molar-refractivity contribution in [2.24, 2.45) is 23.7 Å². The zero-order chi connectivity index (χ0) is 19.1. The van der Waals surface area contributed by atoms with E-state index in [4.69, 9.17) is 9.47 Å². The fourth-order valence-electron chi connectivity index (χ4n) is 2.60. The van der Waals surface area contributed by atoms with Crippen molar-refractivity contribution in [2.75, 3.05) is 7.11 Å². The number of ether oxygens (including phenoxy) is 2. The first-order valence-corrected chi connectivity index (χ1v) is 9.53. The van der Waals surface area contributed by atoms with Gasteiger partial charge in [0.05, 0.1) is 18.9 Å². The molecule has 0 saturated heterocycles. The molecular formula is C19H34BrCoO4-. The molecule has 0 rings (SSSR count). The van der Waals surface area contributed by atoms with Crippen LogP contribution in [0, 0.1) is 28.5 Å². The van der Waals surface area contributed by atoms with Crippen molar-refractivity contribution in [3.05, 3.63) is 4.83 Å². The van der Waals surface area contributed by atoms with Gasteiger partial charge in [-0.05, 0) is 33.1 Å². The normalized spacial score (nSPS) is 16.4. The van der Waals surface area contributed by atoms with Crippen LogP contribution < -0.4 is 0 Å². The minimum Gasteiger partial charge on any atom is -0.469 e. The molecule has 4 unspecified atom stereocenters. The Morgan fingerprint density at radius 1 is 1.08 bits per heavy atom. The summed E-state index contributed by atoms with van der Waals surface area (Å²) in [6.45, 7) is 13.6. The molecule has 4 nitrogen and oxygen atoms in total. The Bertz CT molecular complexity index is 409. The van der Waals surface area contributed by atoms with Gasteiger partial charge in [0.15, 0.2) is 0 Å². The number of carbonyl (C=O) groups excluding carboxylic acids is 2. The van der Waals surface area contributed by atoms with Gasteiger partial charge in [-0.1, -0.05) is 33.6 Å². The summed E-state index contributed by atoms with van der Waals surface area (Å²) in [5, 5.41) is 0. The number of methoxy groups -OCH3 is 1. The second-order valence-electron chi connectivity index (χ2n) is 7.72. The van der Waals surface area contributed by atoms with Crippen molar-refractivity contribution in [3.8, 4) is 0 Å². The Morgan fingerprint density at radius 2 is 1.60 bits per heavy atom. The number of halogens is 1. The summed E-state index contributed by atoms with van der Waals surface area (Å²) in [4.78, 5) is 25.7. The van der Waals surface area contributed by atoms with Crippen molar-refractivity contribution >= 4 is 27.9 Å². The van der Waals surface area contributed by atoms with Crippen molar-refractivity contribution in [2.45, 2.75) is 73.3 Å². The minimum atomic E-state index is -0.516. The molecule has 0 aliphatic heterocycles. The van der Waals surface area contributed by atoms with Crippen LogP contribution >= 0.6 is 15.9 Å². The zero-order valence-electron chi connectivity index (χ0n) is 16.8. The molecule has 0 bridgehead atoms. The SMILES string of the molecule is CC[C-](Br)CC(C)C(CC(C)C(C)C(=O)OC)C(=O)OC(C)(C)C.[Co]. The van der Waals surface area contributed by atoms with Gasteiger partial charge in [0.25, 0.3) is 0 Å². The minimum absolute atomic E-state index is 0. The Labute approximate surface area is 172 Å². The van der Waals surface area contributed by atoms with E-state index in [0.717, 1.165) is 12.8 Å². The summed E-state index contributed by atoms with van der Waals surface area (Å²) in [7, 11) is 1.40. The molecule has 0 aromatic rings. The van der Waals surface area contributed by atoms with E-state index in [0.29, 0.717) is 6.42 Å². The summed E-state index contributed by atoms with van der Waals surface area (Å²) >= 11 is 3.58. The van der Waals surface area contributed by atoms with Crippen molar-refractivity contribution < 1.29 is 35.8 Å². The molecule has 25 heavy (non-hydrogen) atoms. The van der Waals surface area contributed by atoms with Gasteiger partial charge in [-0.2, -0.15) is 12.8 Å². The first-order chi connectivity index (χ1) is 10.9. The molecule has 0 aromatic carbocycles. The summed E-state index contributed by atoms with van der Waals surface area (Å²) in [6, 6.07) is 0. The number of carbonyl (C=O) groups is 2. The van der Waals surface area contributed by atoms with Crippen LogP contribution in [0.15, 0.2) is 0 Å². The van der Waals surface area contributed by atoms with Gasteiger partial charge in [-0.3, -0.25) is 9.59 Å². The first kappa shape index (κ1) is 27.1. The Balaban J connectivity index is 0. The fraction of sp³-hybridized carbons (Fsp3) is 0.842. The monoisotopic (exact) mass is 464 g/mol. The third-order valence-corrected chi connectivity index (χ3v) is 5.26. The van der Waals surface area contributed by atoms with Crippen LogP contribution in [0.3, 0.4) is 0 Å². The standard InChI is InChI=1S/C19H34BrO4.Co/c1-9-15(20)10-13(3)16(18(22)24-19(5,6)7)11-12(2)14(4)17(21)23-8;/h12-14,16H,9-11H2,1-8H3;/q-1;. The fourth-order valence-corrected chi connectivity index (χ4v) is 3.11. The van der Waals surface area contributed by atoms with E-state index in [1.807, 2.05) is 34.6 Å². The number of esters is 2. The van der Waals surface area contributed by atoms with E-state index >= 15 is 0 Å². The maximum Gasteiger partial charge on any atom is 0.309 e. The molecule has 0 heterocycles. The quantitative estimate of drug-likeness (QED) is 0.350. The van der Waals surface area contributed by atoms with Crippen LogP contribution in [0.25, 0.3) is 0 Å². The second kappa shape index (κ2) is 12.3. The first-order valence-electron chi connectivity index (χ1n) is 8.73. The van der Waals surface area contributed by atoms with Crippen LogP contribution in [-0.4, -0.2) is 24.6 Å². The number of hydrogen-bond donors (Lipinski definition) is 0. The van der Waals surface area contributed by atoms with E-state index in [9.17, 15) is 9.59 Å². The van der Waals surface area contributed by atoms with E-state index in [1.165, 1.54) is 11.9 Å². The molecule has 0 aromatic heterocycles. The third-order valence-electron chi connectivity index (χ3n) is 4.38. The molecule has 6 heteroatoms. The van der Waals surface area contributed by atoms with Gasteiger partial charge >= 0.3 is 11.9 Å². The van der Waals surface area contributed by atoms with Crippen molar-refractivity contribution in [1.29, 1.82) is 0 Å². The van der Waals surface area contributed by atoms with Crippen LogP contribution in [-0.2, 0) is 35.8 Å². The Kier molecular flexibility index (Phi) is 13.4. The molecule has 0 amide bonds.